The second kappa shape index (κ2) is 6.76. The van der Waals surface area contributed by atoms with Gasteiger partial charge in [0.25, 0.3) is 0 Å². The fraction of sp³-hybridized carbons (Fsp3) is 0.615. The minimum absolute atomic E-state index is 0.231. The van der Waals surface area contributed by atoms with Crippen LogP contribution in [0.25, 0.3) is 0 Å². The van der Waals surface area contributed by atoms with Crippen LogP contribution in [-0.4, -0.2) is 20.9 Å². The molecule has 0 aliphatic rings. The second-order valence-corrected chi connectivity index (χ2v) is 10.2. The molecule has 98 valence electrons. The van der Waals surface area contributed by atoms with E-state index in [4.69, 9.17) is 4.43 Å². The number of allylic oxidation sites excluding steroid dienone is 2. The molecule has 0 aliphatic heterocycles. The maximum absolute atomic E-state index is 10.5. The molecule has 0 spiro atoms. The van der Waals surface area contributed by atoms with Crippen molar-refractivity contribution >= 4 is 14.3 Å². The highest BCUT2D eigenvalue weighted by Crippen LogP contribution is 2.36. The van der Waals surface area contributed by atoms with E-state index in [1.807, 2.05) is 12.2 Å². The molecule has 0 aromatic carbocycles. The Labute approximate surface area is 106 Å². The lowest BCUT2D eigenvalue weighted by atomic mass is 10.2. The molecule has 4 heteroatoms. The zero-order valence-electron chi connectivity index (χ0n) is 11.7. The molecule has 0 radical (unpaired) electrons. The van der Waals surface area contributed by atoms with E-state index in [1.165, 1.54) is 13.2 Å². The Morgan fingerprint density at radius 2 is 1.82 bits per heavy atom. The van der Waals surface area contributed by atoms with Gasteiger partial charge in [-0.1, -0.05) is 32.9 Å². The van der Waals surface area contributed by atoms with E-state index >= 15 is 0 Å². The summed E-state index contributed by atoms with van der Waals surface area (Å²) in [4.78, 5) is 10.5. The molecule has 0 aromatic rings. The topological polar surface area (TPSA) is 35.5 Å². The summed E-state index contributed by atoms with van der Waals surface area (Å²) in [5.74, 6) is -0.313. The summed E-state index contributed by atoms with van der Waals surface area (Å²) < 4.78 is 10.6. The quantitative estimate of drug-likeness (QED) is 0.326. The molecule has 0 amide bonds. The summed E-state index contributed by atoms with van der Waals surface area (Å²) in [7, 11) is -1.65. The SMILES string of the molecule is CC(=O)O/C=C\C=C\CO[Si](C)(C)C(C)(C)C. The number of rotatable bonds is 5. The number of hydrogen-bond acceptors (Lipinski definition) is 3. The lowest BCUT2D eigenvalue weighted by molar-refractivity contribution is -0.135. The largest absolute Gasteiger partial charge is 0.435 e. The van der Waals surface area contributed by atoms with E-state index in [1.54, 1.807) is 6.08 Å². The van der Waals surface area contributed by atoms with Gasteiger partial charge in [0, 0.05) is 6.92 Å². The van der Waals surface area contributed by atoms with Crippen molar-refractivity contribution in [2.24, 2.45) is 0 Å². The van der Waals surface area contributed by atoms with Gasteiger partial charge in [-0.25, -0.2) is 0 Å². The van der Waals surface area contributed by atoms with Crippen LogP contribution in [0.2, 0.25) is 18.1 Å². The van der Waals surface area contributed by atoms with Crippen LogP contribution >= 0.6 is 0 Å². The predicted molar refractivity (Wildman–Crippen MR) is 73.2 cm³/mol. The van der Waals surface area contributed by atoms with Crippen molar-refractivity contribution in [2.45, 2.75) is 45.8 Å². The van der Waals surface area contributed by atoms with E-state index < -0.39 is 8.32 Å². The fourth-order valence-electron chi connectivity index (χ4n) is 0.788. The third-order valence-corrected chi connectivity index (χ3v) is 7.41. The minimum Gasteiger partial charge on any atom is -0.435 e. The average molecular weight is 256 g/mol. The lowest BCUT2D eigenvalue weighted by Crippen LogP contribution is -2.40. The van der Waals surface area contributed by atoms with Gasteiger partial charge in [-0.05, 0) is 24.2 Å². The molecule has 0 saturated heterocycles. The summed E-state index contributed by atoms with van der Waals surface area (Å²) in [5.41, 5.74) is 0. The maximum atomic E-state index is 10.5. The Morgan fingerprint density at radius 1 is 1.24 bits per heavy atom. The van der Waals surface area contributed by atoms with Gasteiger partial charge < -0.3 is 9.16 Å². The predicted octanol–water partition coefficient (Wildman–Crippen LogP) is 3.64. The first-order valence-corrected chi connectivity index (χ1v) is 8.70. The fourth-order valence-corrected chi connectivity index (χ4v) is 1.73. The Morgan fingerprint density at radius 3 is 2.29 bits per heavy atom. The van der Waals surface area contributed by atoms with Crippen LogP contribution in [0, 0.1) is 0 Å². The normalized spacial score (nSPS) is 13.5. The number of hydrogen-bond donors (Lipinski definition) is 0. The van der Waals surface area contributed by atoms with Crippen molar-refractivity contribution in [3.8, 4) is 0 Å². The van der Waals surface area contributed by atoms with Crippen LogP contribution in [0.1, 0.15) is 27.7 Å². The van der Waals surface area contributed by atoms with Crippen molar-refractivity contribution in [3.63, 3.8) is 0 Å². The Balaban J connectivity index is 3.96. The van der Waals surface area contributed by atoms with Crippen LogP contribution in [0.3, 0.4) is 0 Å². The van der Waals surface area contributed by atoms with E-state index in [9.17, 15) is 4.79 Å². The van der Waals surface area contributed by atoms with Gasteiger partial charge in [0.2, 0.25) is 0 Å². The molecule has 0 unspecified atom stereocenters. The number of ether oxygens (including phenoxy) is 1. The van der Waals surface area contributed by atoms with Crippen molar-refractivity contribution in [1.29, 1.82) is 0 Å². The van der Waals surface area contributed by atoms with Gasteiger partial charge in [0.05, 0.1) is 12.9 Å². The van der Waals surface area contributed by atoms with Gasteiger partial charge in [-0.15, -0.1) is 0 Å². The van der Waals surface area contributed by atoms with Gasteiger partial charge in [0.1, 0.15) is 0 Å². The highest BCUT2D eigenvalue weighted by molar-refractivity contribution is 6.74. The average Bonchev–Trinajstić information content (AvgIpc) is 2.13. The Bertz CT molecular complexity index is 298. The highest BCUT2D eigenvalue weighted by Gasteiger charge is 2.36. The molecule has 0 heterocycles. The van der Waals surface area contributed by atoms with Crippen LogP contribution < -0.4 is 0 Å². The minimum atomic E-state index is -1.65. The molecular formula is C13H24O3Si. The van der Waals surface area contributed by atoms with Crippen molar-refractivity contribution in [2.75, 3.05) is 6.61 Å². The summed E-state index contributed by atoms with van der Waals surface area (Å²) >= 11 is 0. The molecule has 0 aromatic heterocycles. The molecule has 0 saturated carbocycles. The summed E-state index contributed by atoms with van der Waals surface area (Å²) in [6.45, 7) is 13.0. The lowest BCUT2D eigenvalue weighted by Gasteiger charge is -2.35. The van der Waals surface area contributed by atoms with E-state index in [0.717, 1.165) is 0 Å². The molecule has 3 nitrogen and oxygen atoms in total. The monoisotopic (exact) mass is 256 g/mol. The molecular weight excluding hydrogens is 232 g/mol. The molecule has 0 rings (SSSR count). The Kier molecular flexibility index (Phi) is 6.42. The van der Waals surface area contributed by atoms with Crippen LogP contribution in [0.15, 0.2) is 24.5 Å². The molecule has 17 heavy (non-hydrogen) atoms. The first-order valence-electron chi connectivity index (χ1n) is 5.79. The highest BCUT2D eigenvalue weighted by atomic mass is 28.4. The Hall–Kier alpha value is -0.873. The van der Waals surface area contributed by atoms with Crippen molar-refractivity contribution in [3.05, 3.63) is 24.5 Å². The first kappa shape index (κ1) is 16.1. The molecule has 0 N–H and O–H groups in total. The van der Waals surface area contributed by atoms with E-state index in [0.29, 0.717) is 6.61 Å². The number of esters is 1. The van der Waals surface area contributed by atoms with Crippen LogP contribution in [0.5, 0.6) is 0 Å². The molecule has 0 atom stereocenters. The molecule has 0 fully saturated rings. The summed E-state index contributed by atoms with van der Waals surface area (Å²) in [6, 6.07) is 0. The zero-order valence-corrected chi connectivity index (χ0v) is 12.7. The van der Waals surface area contributed by atoms with Crippen LogP contribution in [-0.2, 0) is 14.0 Å². The van der Waals surface area contributed by atoms with Crippen molar-refractivity contribution < 1.29 is 14.0 Å². The standard InChI is InChI=1S/C13H24O3Si/c1-12(14)15-10-8-7-9-11-16-17(5,6)13(2,3)4/h7-10H,11H2,1-6H3/b9-7+,10-8-. The van der Waals surface area contributed by atoms with E-state index in [-0.39, 0.29) is 11.0 Å². The third-order valence-electron chi connectivity index (χ3n) is 2.91. The molecule has 0 bridgehead atoms. The zero-order chi connectivity index (χ0) is 13.5. The number of carbonyl (C=O) groups is 1. The maximum Gasteiger partial charge on any atom is 0.307 e. The van der Waals surface area contributed by atoms with Crippen LogP contribution in [0.4, 0.5) is 0 Å². The van der Waals surface area contributed by atoms with Gasteiger partial charge >= 0.3 is 5.97 Å². The first-order chi connectivity index (χ1) is 7.67. The van der Waals surface area contributed by atoms with E-state index in [2.05, 4.69) is 38.6 Å². The van der Waals surface area contributed by atoms with Gasteiger partial charge in [-0.2, -0.15) is 0 Å². The van der Waals surface area contributed by atoms with Crippen molar-refractivity contribution in [1.82, 2.24) is 0 Å². The summed E-state index contributed by atoms with van der Waals surface area (Å²) in [6.07, 6.45) is 6.78. The second-order valence-electron chi connectivity index (χ2n) is 5.44. The third kappa shape index (κ3) is 7.12. The number of carbonyl (C=O) groups excluding carboxylic acids is 1. The van der Waals surface area contributed by atoms with Gasteiger partial charge in [0.15, 0.2) is 8.32 Å². The smallest absolute Gasteiger partial charge is 0.307 e. The van der Waals surface area contributed by atoms with Gasteiger partial charge in [-0.3, -0.25) is 4.79 Å². The summed E-state index contributed by atoms with van der Waals surface area (Å²) in [5, 5.41) is 0.231. The molecule has 0 aliphatic carbocycles.